The number of hydrogen-bond acceptors (Lipinski definition) is 3. The van der Waals surface area contributed by atoms with E-state index in [1.807, 2.05) is 0 Å². The highest BCUT2D eigenvalue weighted by Crippen LogP contribution is 2.32. The Balaban J connectivity index is 2.22. The highest BCUT2D eigenvalue weighted by atomic mass is 16.5. The Morgan fingerprint density at radius 1 is 1.47 bits per heavy atom. The molecule has 0 saturated carbocycles. The monoisotopic (exact) mass is 263 g/mol. The Labute approximate surface area is 116 Å². The maximum Gasteiger partial charge on any atom is 0.119 e. The van der Waals surface area contributed by atoms with Crippen LogP contribution in [0.25, 0.3) is 0 Å². The second-order valence-corrected chi connectivity index (χ2v) is 5.24. The van der Waals surface area contributed by atoms with Gasteiger partial charge in [0.05, 0.1) is 13.7 Å². The van der Waals surface area contributed by atoms with Crippen LogP contribution in [0.15, 0.2) is 18.2 Å². The second kappa shape index (κ2) is 6.92. The maximum absolute atomic E-state index is 5.65. The second-order valence-electron chi connectivity index (χ2n) is 5.24. The summed E-state index contributed by atoms with van der Waals surface area (Å²) >= 11 is 0. The maximum atomic E-state index is 5.65. The molecule has 1 aromatic rings. The van der Waals surface area contributed by atoms with Crippen LogP contribution in [0.1, 0.15) is 36.9 Å². The molecule has 0 spiro atoms. The zero-order valence-corrected chi connectivity index (χ0v) is 12.2. The Hall–Kier alpha value is -1.06. The molecule has 1 fully saturated rings. The van der Waals surface area contributed by atoms with Crippen LogP contribution >= 0.6 is 0 Å². The van der Waals surface area contributed by atoms with Crippen molar-refractivity contribution < 1.29 is 9.47 Å². The van der Waals surface area contributed by atoms with Crippen molar-refractivity contribution in [3.05, 3.63) is 29.3 Å². The molecule has 3 heteroatoms. The molecule has 106 valence electrons. The van der Waals surface area contributed by atoms with Crippen LogP contribution in [0.4, 0.5) is 0 Å². The average molecular weight is 263 g/mol. The summed E-state index contributed by atoms with van der Waals surface area (Å²) < 4.78 is 10.9. The molecule has 19 heavy (non-hydrogen) atoms. The Morgan fingerprint density at radius 3 is 2.89 bits per heavy atom. The molecule has 3 nitrogen and oxygen atoms in total. The molecular weight excluding hydrogens is 238 g/mol. The van der Waals surface area contributed by atoms with Crippen molar-refractivity contribution in [2.24, 2.45) is 5.92 Å². The SMILES string of the molecule is CCNC(c1ccc(OC)cc1C)C1CCCOC1. The van der Waals surface area contributed by atoms with Crippen LogP contribution in [0.5, 0.6) is 5.75 Å². The first-order valence-corrected chi connectivity index (χ1v) is 7.22. The van der Waals surface area contributed by atoms with Gasteiger partial charge in [-0.2, -0.15) is 0 Å². The van der Waals surface area contributed by atoms with Gasteiger partial charge in [0, 0.05) is 18.6 Å². The van der Waals surface area contributed by atoms with Crippen molar-refractivity contribution in [1.29, 1.82) is 0 Å². The number of hydrogen-bond donors (Lipinski definition) is 1. The van der Waals surface area contributed by atoms with Crippen LogP contribution in [0, 0.1) is 12.8 Å². The fourth-order valence-electron chi connectivity index (χ4n) is 2.90. The number of aryl methyl sites for hydroxylation is 1. The van der Waals surface area contributed by atoms with Crippen LogP contribution in [-0.4, -0.2) is 26.9 Å². The van der Waals surface area contributed by atoms with Gasteiger partial charge in [0.1, 0.15) is 5.75 Å². The zero-order valence-electron chi connectivity index (χ0n) is 12.2. The summed E-state index contributed by atoms with van der Waals surface area (Å²) in [5, 5.41) is 3.63. The first kappa shape index (κ1) is 14.4. The van der Waals surface area contributed by atoms with Gasteiger partial charge < -0.3 is 14.8 Å². The predicted molar refractivity (Wildman–Crippen MR) is 77.7 cm³/mol. The minimum absolute atomic E-state index is 0.385. The number of benzene rings is 1. The highest BCUT2D eigenvalue weighted by molar-refractivity contribution is 5.37. The minimum Gasteiger partial charge on any atom is -0.497 e. The van der Waals surface area contributed by atoms with E-state index in [-0.39, 0.29) is 0 Å². The fraction of sp³-hybridized carbons (Fsp3) is 0.625. The molecule has 1 heterocycles. The lowest BCUT2D eigenvalue weighted by Crippen LogP contribution is -2.33. The molecule has 0 aromatic heterocycles. The molecule has 0 bridgehead atoms. The predicted octanol–water partition coefficient (Wildman–Crippen LogP) is 3.08. The summed E-state index contributed by atoms with van der Waals surface area (Å²) in [5.41, 5.74) is 2.66. The number of ether oxygens (including phenoxy) is 2. The van der Waals surface area contributed by atoms with Gasteiger partial charge in [-0.25, -0.2) is 0 Å². The van der Waals surface area contributed by atoms with Gasteiger partial charge in [-0.05, 0) is 49.6 Å². The van der Waals surface area contributed by atoms with E-state index < -0.39 is 0 Å². The summed E-state index contributed by atoms with van der Waals surface area (Å²) in [5.74, 6) is 1.50. The van der Waals surface area contributed by atoms with Gasteiger partial charge >= 0.3 is 0 Å². The number of rotatable bonds is 5. The third-order valence-corrected chi connectivity index (χ3v) is 3.90. The van der Waals surface area contributed by atoms with E-state index in [1.165, 1.54) is 24.0 Å². The van der Waals surface area contributed by atoms with Crippen molar-refractivity contribution in [2.45, 2.75) is 32.7 Å². The molecule has 0 amide bonds. The van der Waals surface area contributed by atoms with E-state index in [0.717, 1.165) is 25.5 Å². The first-order valence-electron chi connectivity index (χ1n) is 7.22. The van der Waals surface area contributed by atoms with E-state index in [0.29, 0.717) is 12.0 Å². The van der Waals surface area contributed by atoms with Crippen molar-refractivity contribution >= 4 is 0 Å². The molecule has 2 atom stereocenters. The molecule has 1 aliphatic heterocycles. The number of methoxy groups -OCH3 is 1. The fourth-order valence-corrected chi connectivity index (χ4v) is 2.90. The largest absolute Gasteiger partial charge is 0.497 e. The smallest absolute Gasteiger partial charge is 0.119 e. The lowest BCUT2D eigenvalue weighted by atomic mass is 9.86. The van der Waals surface area contributed by atoms with Crippen LogP contribution in [0.3, 0.4) is 0 Å². The lowest BCUT2D eigenvalue weighted by Gasteiger charge is -2.32. The van der Waals surface area contributed by atoms with Gasteiger partial charge in [0.15, 0.2) is 0 Å². The highest BCUT2D eigenvalue weighted by Gasteiger charge is 2.26. The average Bonchev–Trinajstić information content (AvgIpc) is 2.46. The van der Waals surface area contributed by atoms with Crippen LogP contribution in [0.2, 0.25) is 0 Å². The van der Waals surface area contributed by atoms with Gasteiger partial charge in [-0.3, -0.25) is 0 Å². The molecule has 0 aliphatic carbocycles. The normalized spacial score (nSPS) is 21.1. The summed E-state index contributed by atoms with van der Waals surface area (Å²) in [4.78, 5) is 0. The molecule has 2 unspecified atom stereocenters. The Bertz CT molecular complexity index is 400. The van der Waals surface area contributed by atoms with E-state index >= 15 is 0 Å². The van der Waals surface area contributed by atoms with Gasteiger partial charge in [-0.1, -0.05) is 13.0 Å². The van der Waals surface area contributed by atoms with Crippen molar-refractivity contribution in [2.75, 3.05) is 26.9 Å². The summed E-state index contributed by atoms with van der Waals surface area (Å²) in [6.07, 6.45) is 2.41. The van der Waals surface area contributed by atoms with E-state index in [4.69, 9.17) is 9.47 Å². The van der Waals surface area contributed by atoms with Crippen LogP contribution in [-0.2, 0) is 4.74 Å². The number of nitrogens with one attached hydrogen (secondary N) is 1. The van der Waals surface area contributed by atoms with E-state index in [9.17, 15) is 0 Å². The standard InChI is InChI=1S/C16H25NO2/c1-4-17-16(13-6-5-9-19-11-13)15-8-7-14(18-3)10-12(15)2/h7-8,10,13,16-17H,4-6,9,11H2,1-3H3. The Morgan fingerprint density at radius 2 is 2.32 bits per heavy atom. The summed E-state index contributed by atoms with van der Waals surface area (Å²) in [6, 6.07) is 6.74. The molecule has 1 N–H and O–H groups in total. The van der Waals surface area contributed by atoms with E-state index in [2.05, 4.69) is 37.4 Å². The van der Waals surface area contributed by atoms with Crippen molar-refractivity contribution in [1.82, 2.24) is 5.32 Å². The summed E-state index contributed by atoms with van der Waals surface area (Å²) in [6.45, 7) is 7.08. The van der Waals surface area contributed by atoms with Crippen molar-refractivity contribution in [3.8, 4) is 5.75 Å². The van der Waals surface area contributed by atoms with Crippen LogP contribution < -0.4 is 10.1 Å². The minimum atomic E-state index is 0.385. The molecule has 1 saturated heterocycles. The third-order valence-electron chi connectivity index (χ3n) is 3.90. The summed E-state index contributed by atoms with van der Waals surface area (Å²) in [7, 11) is 1.71. The van der Waals surface area contributed by atoms with Gasteiger partial charge in [-0.15, -0.1) is 0 Å². The molecule has 1 aromatic carbocycles. The Kier molecular flexibility index (Phi) is 5.23. The van der Waals surface area contributed by atoms with Gasteiger partial charge in [0.25, 0.3) is 0 Å². The lowest BCUT2D eigenvalue weighted by molar-refractivity contribution is 0.0392. The first-order chi connectivity index (χ1) is 9.26. The molecule has 2 rings (SSSR count). The van der Waals surface area contributed by atoms with Gasteiger partial charge in [0.2, 0.25) is 0 Å². The molecular formula is C16H25NO2. The van der Waals surface area contributed by atoms with E-state index in [1.54, 1.807) is 7.11 Å². The topological polar surface area (TPSA) is 30.5 Å². The molecule has 0 radical (unpaired) electrons. The molecule has 1 aliphatic rings. The zero-order chi connectivity index (χ0) is 13.7. The third kappa shape index (κ3) is 3.48. The quantitative estimate of drug-likeness (QED) is 0.885. The van der Waals surface area contributed by atoms with Crippen molar-refractivity contribution in [3.63, 3.8) is 0 Å².